The lowest BCUT2D eigenvalue weighted by atomic mass is 10.0. The van der Waals surface area contributed by atoms with Gasteiger partial charge in [0, 0.05) is 0 Å². The molecule has 0 saturated heterocycles. The average molecular weight is 300 g/mol. The van der Waals surface area contributed by atoms with Gasteiger partial charge in [0.15, 0.2) is 0 Å². The van der Waals surface area contributed by atoms with Crippen molar-refractivity contribution in [1.82, 2.24) is 0 Å². The van der Waals surface area contributed by atoms with Crippen LogP contribution in [0.1, 0.15) is 49.0 Å². The Hall–Kier alpha value is -1.84. The summed E-state index contributed by atoms with van der Waals surface area (Å²) in [5, 5.41) is 19.5. The van der Waals surface area contributed by atoms with Crippen molar-refractivity contribution in [3.8, 4) is 5.75 Å². The van der Waals surface area contributed by atoms with Gasteiger partial charge in [-0.25, -0.2) is 0 Å². The summed E-state index contributed by atoms with van der Waals surface area (Å²) in [4.78, 5) is 0. The third-order valence-corrected chi connectivity index (χ3v) is 3.76. The molecule has 2 rings (SSSR count). The van der Waals surface area contributed by atoms with Crippen LogP contribution in [-0.2, 0) is 13.2 Å². The molecule has 1 atom stereocenters. The number of unbranched alkanes of at least 4 members (excludes halogenated alkanes) is 1. The Bertz CT molecular complexity index is 580. The van der Waals surface area contributed by atoms with Crippen LogP contribution in [0.5, 0.6) is 5.75 Å². The van der Waals surface area contributed by atoms with Crippen molar-refractivity contribution in [3.05, 3.63) is 65.2 Å². The molecule has 0 aliphatic heterocycles. The quantitative estimate of drug-likeness (QED) is 0.775. The van der Waals surface area contributed by atoms with Gasteiger partial charge in [0.05, 0.1) is 12.7 Å². The second-order valence-electron chi connectivity index (χ2n) is 5.45. The molecule has 118 valence electrons. The van der Waals surface area contributed by atoms with Crippen molar-refractivity contribution < 1.29 is 14.9 Å². The predicted molar refractivity (Wildman–Crippen MR) is 87.6 cm³/mol. The molecule has 0 aliphatic rings. The standard InChI is InChI=1S/C19H24O3/c1-2-3-11-19(21)15-9-6-10-18(12-15)22-14-17-8-5-4-7-16(17)13-20/h4-10,12,19-21H,2-3,11,13-14H2,1H3/t19-/m0/s1. The van der Waals surface area contributed by atoms with Gasteiger partial charge in [-0.1, -0.05) is 56.2 Å². The van der Waals surface area contributed by atoms with Crippen LogP contribution in [0.2, 0.25) is 0 Å². The van der Waals surface area contributed by atoms with Gasteiger partial charge in [0.1, 0.15) is 12.4 Å². The van der Waals surface area contributed by atoms with E-state index in [0.717, 1.165) is 41.7 Å². The van der Waals surface area contributed by atoms with Gasteiger partial charge < -0.3 is 14.9 Å². The van der Waals surface area contributed by atoms with Gasteiger partial charge in [-0.3, -0.25) is 0 Å². The number of benzene rings is 2. The Morgan fingerprint density at radius 2 is 1.82 bits per heavy atom. The third kappa shape index (κ3) is 4.58. The number of aliphatic hydroxyl groups is 2. The highest BCUT2D eigenvalue weighted by Gasteiger charge is 2.08. The zero-order chi connectivity index (χ0) is 15.8. The summed E-state index contributed by atoms with van der Waals surface area (Å²) < 4.78 is 5.81. The van der Waals surface area contributed by atoms with Crippen LogP contribution < -0.4 is 4.74 Å². The molecular weight excluding hydrogens is 276 g/mol. The van der Waals surface area contributed by atoms with E-state index in [2.05, 4.69) is 6.92 Å². The highest BCUT2D eigenvalue weighted by molar-refractivity contribution is 5.31. The van der Waals surface area contributed by atoms with Gasteiger partial charge in [-0.15, -0.1) is 0 Å². The van der Waals surface area contributed by atoms with Crippen LogP contribution >= 0.6 is 0 Å². The van der Waals surface area contributed by atoms with Crippen LogP contribution in [0.4, 0.5) is 0 Å². The highest BCUT2D eigenvalue weighted by Crippen LogP contribution is 2.24. The normalized spacial score (nSPS) is 12.1. The van der Waals surface area contributed by atoms with Crippen molar-refractivity contribution >= 4 is 0 Å². The molecule has 22 heavy (non-hydrogen) atoms. The van der Waals surface area contributed by atoms with Crippen LogP contribution in [0.25, 0.3) is 0 Å². The van der Waals surface area contributed by atoms with Crippen molar-refractivity contribution in [1.29, 1.82) is 0 Å². The Labute approximate surface area is 132 Å². The van der Waals surface area contributed by atoms with E-state index in [1.165, 1.54) is 0 Å². The second-order valence-corrected chi connectivity index (χ2v) is 5.45. The molecule has 0 bridgehead atoms. The minimum absolute atomic E-state index is 0.00923. The molecule has 2 aromatic carbocycles. The zero-order valence-electron chi connectivity index (χ0n) is 13.0. The van der Waals surface area contributed by atoms with E-state index < -0.39 is 6.10 Å². The minimum atomic E-state index is -0.437. The maximum atomic E-state index is 10.2. The molecule has 0 heterocycles. The van der Waals surface area contributed by atoms with E-state index >= 15 is 0 Å². The molecule has 2 N–H and O–H groups in total. The molecule has 0 radical (unpaired) electrons. The third-order valence-electron chi connectivity index (χ3n) is 3.76. The predicted octanol–water partition coefficient (Wildman–Crippen LogP) is 3.98. The number of aliphatic hydroxyl groups excluding tert-OH is 2. The highest BCUT2D eigenvalue weighted by atomic mass is 16.5. The zero-order valence-corrected chi connectivity index (χ0v) is 13.0. The maximum Gasteiger partial charge on any atom is 0.120 e. The largest absolute Gasteiger partial charge is 0.489 e. The van der Waals surface area contributed by atoms with Gasteiger partial charge in [-0.05, 0) is 35.2 Å². The first kappa shape index (κ1) is 16.5. The first-order chi connectivity index (χ1) is 10.7. The van der Waals surface area contributed by atoms with Crippen LogP contribution in [-0.4, -0.2) is 10.2 Å². The molecule has 0 unspecified atom stereocenters. The topological polar surface area (TPSA) is 49.7 Å². The monoisotopic (exact) mass is 300 g/mol. The summed E-state index contributed by atoms with van der Waals surface area (Å²) in [6, 6.07) is 15.3. The first-order valence-electron chi connectivity index (χ1n) is 7.83. The summed E-state index contributed by atoms with van der Waals surface area (Å²) in [7, 11) is 0. The lowest BCUT2D eigenvalue weighted by Crippen LogP contribution is -2.01. The molecule has 0 aromatic heterocycles. The average Bonchev–Trinajstić information content (AvgIpc) is 2.58. The summed E-state index contributed by atoms with van der Waals surface area (Å²) in [6.07, 6.45) is 2.42. The van der Waals surface area contributed by atoms with E-state index in [1.54, 1.807) is 0 Å². The summed E-state index contributed by atoms with van der Waals surface area (Å²) >= 11 is 0. The van der Waals surface area contributed by atoms with E-state index in [4.69, 9.17) is 4.74 Å². The molecule has 3 heteroatoms. The maximum absolute atomic E-state index is 10.2. The Balaban J connectivity index is 2.01. The van der Waals surface area contributed by atoms with Crippen LogP contribution in [0, 0.1) is 0 Å². The number of hydrogen-bond acceptors (Lipinski definition) is 3. The van der Waals surface area contributed by atoms with Crippen molar-refractivity contribution in [2.24, 2.45) is 0 Å². The Morgan fingerprint density at radius 3 is 2.55 bits per heavy atom. The van der Waals surface area contributed by atoms with E-state index in [-0.39, 0.29) is 6.61 Å². The van der Waals surface area contributed by atoms with Crippen LogP contribution in [0.3, 0.4) is 0 Å². The summed E-state index contributed by atoms with van der Waals surface area (Å²) in [6.45, 7) is 2.53. The van der Waals surface area contributed by atoms with Gasteiger partial charge >= 0.3 is 0 Å². The first-order valence-corrected chi connectivity index (χ1v) is 7.83. The van der Waals surface area contributed by atoms with Gasteiger partial charge in [-0.2, -0.15) is 0 Å². The molecule has 0 amide bonds. The molecule has 0 spiro atoms. The lowest BCUT2D eigenvalue weighted by molar-refractivity contribution is 0.163. The van der Waals surface area contributed by atoms with Crippen molar-refractivity contribution in [2.45, 2.75) is 45.5 Å². The van der Waals surface area contributed by atoms with Crippen molar-refractivity contribution in [3.63, 3.8) is 0 Å². The molecular formula is C19H24O3. The smallest absolute Gasteiger partial charge is 0.120 e. The lowest BCUT2D eigenvalue weighted by Gasteiger charge is -2.13. The Kier molecular flexibility index (Phi) is 6.44. The van der Waals surface area contributed by atoms with E-state index in [1.807, 2.05) is 48.5 Å². The molecule has 2 aromatic rings. The fraction of sp³-hybridized carbons (Fsp3) is 0.368. The fourth-order valence-corrected chi connectivity index (χ4v) is 2.39. The van der Waals surface area contributed by atoms with E-state index in [0.29, 0.717) is 6.61 Å². The molecule has 0 aliphatic carbocycles. The van der Waals surface area contributed by atoms with Crippen LogP contribution in [0.15, 0.2) is 48.5 Å². The SMILES string of the molecule is CCCC[C@H](O)c1cccc(OCc2ccccc2CO)c1. The second kappa shape index (κ2) is 8.57. The number of rotatable bonds is 8. The molecule has 3 nitrogen and oxygen atoms in total. The van der Waals surface area contributed by atoms with Gasteiger partial charge in [0.25, 0.3) is 0 Å². The molecule has 0 fully saturated rings. The minimum Gasteiger partial charge on any atom is -0.489 e. The van der Waals surface area contributed by atoms with E-state index in [9.17, 15) is 10.2 Å². The van der Waals surface area contributed by atoms with Gasteiger partial charge in [0.2, 0.25) is 0 Å². The Morgan fingerprint density at radius 1 is 1.05 bits per heavy atom. The summed E-state index contributed by atoms with van der Waals surface area (Å²) in [5.74, 6) is 0.737. The fourth-order valence-electron chi connectivity index (χ4n) is 2.39. The summed E-state index contributed by atoms with van der Waals surface area (Å²) in [5.41, 5.74) is 2.74. The number of hydrogen-bond donors (Lipinski definition) is 2. The molecule has 0 saturated carbocycles. The van der Waals surface area contributed by atoms with Crippen molar-refractivity contribution in [2.75, 3.05) is 0 Å². The number of ether oxygens (including phenoxy) is 1.